The standard InChI is InChI=1S/C28H10F6N6/c1-11-5-14-20(16(6-11)28(32,33)34)24-26(21(14)17(9-35)37-3)39-23-19-12(2)7-13(27(29,30)31)8-15(19)22(25(23)40-24)18(10-36)38-4/h5-8H,1-2H3/b21-17+,22-18-. The van der Waals surface area contributed by atoms with Crippen LogP contribution in [0.4, 0.5) is 26.3 Å². The molecule has 0 amide bonds. The highest BCUT2D eigenvalue weighted by molar-refractivity contribution is 6.07. The highest BCUT2D eigenvalue weighted by Gasteiger charge is 2.43. The van der Waals surface area contributed by atoms with E-state index in [4.69, 9.17) is 13.1 Å². The molecular formula is C28H10F6N6. The summed E-state index contributed by atoms with van der Waals surface area (Å²) in [6.07, 6.45) is -9.67. The maximum absolute atomic E-state index is 14.2. The highest BCUT2D eigenvalue weighted by atomic mass is 19.4. The predicted molar refractivity (Wildman–Crippen MR) is 129 cm³/mol. The zero-order valence-electron chi connectivity index (χ0n) is 20.3. The number of rotatable bonds is 0. The van der Waals surface area contributed by atoms with Gasteiger partial charge in [-0.25, -0.2) is 30.2 Å². The maximum Gasteiger partial charge on any atom is 0.417 e. The topological polar surface area (TPSA) is 82.1 Å². The smallest absolute Gasteiger partial charge is 0.245 e. The number of hydrogen-bond donors (Lipinski definition) is 0. The third-order valence-electron chi connectivity index (χ3n) is 6.54. The normalized spacial score (nSPS) is 15.5. The molecule has 0 atom stereocenters. The second-order valence-corrected chi connectivity index (χ2v) is 8.96. The lowest BCUT2D eigenvalue weighted by Crippen LogP contribution is -2.09. The number of hydrogen-bond acceptors (Lipinski definition) is 4. The average molecular weight is 544 g/mol. The molecule has 194 valence electrons. The van der Waals surface area contributed by atoms with Gasteiger partial charge in [0.05, 0.1) is 59.2 Å². The summed E-state index contributed by atoms with van der Waals surface area (Å²) in [4.78, 5) is 15.2. The summed E-state index contributed by atoms with van der Waals surface area (Å²) >= 11 is 0. The van der Waals surface area contributed by atoms with Gasteiger partial charge in [-0.3, -0.25) is 0 Å². The first-order valence-electron chi connectivity index (χ1n) is 11.2. The molecule has 2 aromatic carbocycles. The fourth-order valence-electron chi connectivity index (χ4n) is 5.07. The van der Waals surface area contributed by atoms with Crippen LogP contribution in [0.1, 0.15) is 44.8 Å². The number of nitriles is 2. The van der Waals surface area contributed by atoms with Crippen LogP contribution in [-0.2, 0) is 12.4 Å². The van der Waals surface area contributed by atoms with Gasteiger partial charge in [-0.05, 0) is 54.3 Å². The van der Waals surface area contributed by atoms with Crippen molar-refractivity contribution in [2.75, 3.05) is 0 Å². The molecule has 0 fully saturated rings. The summed E-state index contributed by atoms with van der Waals surface area (Å²) in [5, 5.41) is 19.3. The van der Waals surface area contributed by atoms with Crippen molar-refractivity contribution in [2.45, 2.75) is 26.2 Å². The van der Waals surface area contributed by atoms with Gasteiger partial charge in [0.2, 0.25) is 0 Å². The van der Waals surface area contributed by atoms with Crippen LogP contribution in [0.25, 0.3) is 43.4 Å². The summed E-state index contributed by atoms with van der Waals surface area (Å²) in [5.41, 5.74) is -5.13. The van der Waals surface area contributed by atoms with Crippen LogP contribution in [-0.4, -0.2) is 9.97 Å². The largest absolute Gasteiger partial charge is 0.417 e. The maximum atomic E-state index is 14.2. The SMILES string of the molecule is [C-]#[N+]/C(C#N)=C1/c2cc(C(F)(F)F)cc(C)c2-c2nc3c(nc21)-c1c(cc(C)cc1C(F)(F)F)/C3=C(/C#N)[N+]#[C-]. The Morgan fingerprint density at radius 1 is 0.725 bits per heavy atom. The summed E-state index contributed by atoms with van der Waals surface area (Å²) in [6, 6.07) is 7.13. The van der Waals surface area contributed by atoms with Gasteiger partial charge in [0.15, 0.2) is 0 Å². The number of aryl methyl sites for hydroxylation is 2. The Morgan fingerprint density at radius 3 is 1.68 bits per heavy atom. The lowest BCUT2D eigenvalue weighted by Gasteiger charge is -2.14. The van der Waals surface area contributed by atoms with Crippen LogP contribution in [0.3, 0.4) is 0 Å². The number of allylic oxidation sites excluding steroid dienone is 2. The molecule has 0 unspecified atom stereocenters. The van der Waals surface area contributed by atoms with Gasteiger partial charge in [-0.1, -0.05) is 6.07 Å². The minimum Gasteiger partial charge on any atom is -0.245 e. The molecule has 5 rings (SSSR count). The van der Waals surface area contributed by atoms with Crippen molar-refractivity contribution in [1.29, 1.82) is 10.5 Å². The van der Waals surface area contributed by atoms with Gasteiger partial charge in [0, 0.05) is 22.3 Å². The molecule has 0 bridgehead atoms. The number of benzene rings is 2. The van der Waals surface area contributed by atoms with Crippen molar-refractivity contribution < 1.29 is 26.3 Å². The number of aromatic nitrogens is 2. The Bertz CT molecular complexity index is 1900. The second kappa shape index (κ2) is 8.53. The molecule has 0 spiro atoms. The minimum absolute atomic E-state index is 0.0659. The molecule has 1 aromatic heterocycles. The number of nitrogens with zero attached hydrogens (tertiary/aromatic N) is 6. The molecule has 0 N–H and O–H groups in total. The molecule has 1 heterocycles. The molecule has 0 saturated carbocycles. The van der Waals surface area contributed by atoms with E-state index in [9.17, 15) is 36.9 Å². The molecule has 40 heavy (non-hydrogen) atoms. The lowest BCUT2D eigenvalue weighted by molar-refractivity contribution is -0.138. The molecule has 0 aliphatic heterocycles. The van der Waals surface area contributed by atoms with E-state index in [0.29, 0.717) is 0 Å². The zero-order valence-corrected chi connectivity index (χ0v) is 20.3. The van der Waals surface area contributed by atoms with E-state index in [2.05, 4.69) is 19.7 Å². The van der Waals surface area contributed by atoms with Crippen molar-refractivity contribution >= 4 is 11.1 Å². The molecule has 6 nitrogen and oxygen atoms in total. The first kappa shape index (κ1) is 26.2. The monoisotopic (exact) mass is 544 g/mol. The third-order valence-corrected chi connectivity index (χ3v) is 6.54. The predicted octanol–water partition coefficient (Wildman–Crippen LogP) is 7.50. The lowest BCUT2D eigenvalue weighted by atomic mass is 9.96. The van der Waals surface area contributed by atoms with E-state index in [1.54, 1.807) is 12.1 Å². The fraction of sp³-hybridized carbons (Fsp3) is 0.143. The van der Waals surface area contributed by atoms with Crippen LogP contribution in [0.2, 0.25) is 0 Å². The summed E-state index contributed by atoms with van der Waals surface area (Å²) in [7, 11) is 0. The number of alkyl halides is 6. The average Bonchev–Trinajstić information content (AvgIpc) is 3.35. The number of fused-ring (bicyclic) bond motifs is 6. The first-order chi connectivity index (χ1) is 18.8. The van der Waals surface area contributed by atoms with Gasteiger partial charge in [-0.2, -0.15) is 26.3 Å². The van der Waals surface area contributed by atoms with Crippen LogP contribution < -0.4 is 0 Å². The fourth-order valence-corrected chi connectivity index (χ4v) is 5.07. The van der Waals surface area contributed by atoms with Crippen LogP contribution >= 0.6 is 0 Å². The van der Waals surface area contributed by atoms with Crippen molar-refractivity contribution in [1.82, 2.24) is 9.97 Å². The molecule has 0 saturated heterocycles. The first-order valence-corrected chi connectivity index (χ1v) is 11.2. The van der Waals surface area contributed by atoms with Gasteiger partial charge < -0.3 is 0 Å². The summed E-state index contributed by atoms with van der Waals surface area (Å²) in [5.74, 6) is 0. The molecule has 2 aliphatic rings. The van der Waals surface area contributed by atoms with Crippen LogP contribution in [0.5, 0.6) is 0 Å². The van der Waals surface area contributed by atoms with E-state index < -0.39 is 40.4 Å². The van der Waals surface area contributed by atoms with E-state index in [1.807, 2.05) is 0 Å². The van der Waals surface area contributed by atoms with Crippen molar-refractivity contribution in [3.63, 3.8) is 0 Å². The van der Waals surface area contributed by atoms with E-state index in [-0.39, 0.29) is 61.7 Å². The van der Waals surface area contributed by atoms with Crippen LogP contribution in [0.15, 0.2) is 35.7 Å². The molecular weight excluding hydrogens is 534 g/mol. The molecule has 12 heteroatoms. The van der Waals surface area contributed by atoms with Crippen molar-refractivity contribution in [2.24, 2.45) is 0 Å². The third kappa shape index (κ3) is 3.62. The van der Waals surface area contributed by atoms with Crippen molar-refractivity contribution in [3.8, 4) is 34.7 Å². The van der Waals surface area contributed by atoms with Gasteiger partial charge >= 0.3 is 12.4 Å². The zero-order chi connectivity index (χ0) is 29.3. The Balaban J connectivity index is 2.00. The van der Waals surface area contributed by atoms with Gasteiger partial charge in [-0.15, -0.1) is 0 Å². The van der Waals surface area contributed by atoms with Gasteiger partial charge in [0.25, 0.3) is 11.4 Å². The Morgan fingerprint density at radius 2 is 1.23 bits per heavy atom. The Kier molecular flexibility index (Phi) is 5.58. The highest BCUT2D eigenvalue weighted by Crippen LogP contribution is 2.54. The second-order valence-electron chi connectivity index (χ2n) is 8.96. The van der Waals surface area contributed by atoms with Crippen molar-refractivity contribution in [3.05, 3.63) is 103 Å². The number of halogens is 6. The van der Waals surface area contributed by atoms with E-state index in [1.165, 1.54) is 19.9 Å². The Labute approximate surface area is 222 Å². The van der Waals surface area contributed by atoms with E-state index >= 15 is 0 Å². The van der Waals surface area contributed by atoms with Crippen LogP contribution in [0, 0.1) is 49.7 Å². The summed E-state index contributed by atoms with van der Waals surface area (Å²) < 4.78 is 83.7. The Hall–Kier alpha value is -5.46. The quantitative estimate of drug-likeness (QED) is 0.115. The molecule has 0 radical (unpaired) electrons. The molecule has 3 aromatic rings. The molecule has 2 aliphatic carbocycles. The van der Waals surface area contributed by atoms with E-state index in [0.717, 1.165) is 18.2 Å². The summed E-state index contributed by atoms with van der Waals surface area (Å²) in [6.45, 7) is 17.7. The van der Waals surface area contributed by atoms with Gasteiger partial charge in [0.1, 0.15) is 0 Å². The minimum atomic E-state index is -4.89.